The Bertz CT molecular complexity index is 1420. The number of nitriles is 2. The van der Waals surface area contributed by atoms with Crippen LogP contribution in [0.5, 0.6) is 11.5 Å². The molecule has 0 unspecified atom stereocenters. The van der Waals surface area contributed by atoms with E-state index in [0.717, 1.165) is 25.6 Å². The van der Waals surface area contributed by atoms with Gasteiger partial charge in [0.15, 0.2) is 11.5 Å². The van der Waals surface area contributed by atoms with Crippen LogP contribution in [0.4, 0.5) is 0 Å². The quantitative estimate of drug-likeness (QED) is 0.150. The molecule has 0 heterocycles. The summed E-state index contributed by atoms with van der Waals surface area (Å²) in [6, 6.07) is 29.5. The van der Waals surface area contributed by atoms with Crippen LogP contribution < -0.4 is 9.47 Å². The molecule has 0 N–H and O–H groups in total. The molecule has 0 saturated carbocycles. The zero-order chi connectivity index (χ0) is 23.2. The molecule has 0 aromatic heterocycles. The van der Waals surface area contributed by atoms with Gasteiger partial charge in [-0.05, 0) is 80.4 Å². The van der Waals surface area contributed by atoms with Gasteiger partial charge in [-0.25, -0.2) is 0 Å². The number of hydrogen-bond acceptors (Lipinski definition) is 4. The first-order chi connectivity index (χ1) is 16.1. The monoisotopic (exact) mass is 542 g/mol. The molecule has 0 spiro atoms. The fraction of sp³-hybridized carbons (Fsp3) is 0.0714. The number of allylic oxidation sites excluding steroid dienone is 1. The lowest BCUT2D eigenvalue weighted by Gasteiger charge is -2.15. The van der Waals surface area contributed by atoms with Crippen molar-refractivity contribution < 1.29 is 9.47 Å². The molecule has 0 amide bonds. The number of methoxy groups -OCH3 is 1. The van der Waals surface area contributed by atoms with E-state index < -0.39 is 0 Å². The normalized spacial score (nSPS) is 11.0. The van der Waals surface area contributed by atoms with E-state index in [2.05, 4.69) is 59.0 Å². The fourth-order valence-corrected chi connectivity index (χ4v) is 4.38. The van der Waals surface area contributed by atoms with Crippen molar-refractivity contribution in [1.29, 1.82) is 10.5 Å². The summed E-state index contributed by atoms with van der Waals surface area (Å²) in [6.45, 7) is 0.414. The largest absolute Gasteiger partial charge is 0.493 e. The van der Waals surface area contributed by atoms with Crippen LogP contribution in [0.25, 0.3) is 22.4 Å². The minimum Gasteiger partial charge on any atom is -0.493 e. The summed E-state index contributed by atoms with van der Waals surface area (Å²) >= 11 is 2.23. The molecule has 4 rings (SSSR count). The van der Waals surface area contributed by atoms with Gasteiger partial charge in [-0.15, -0.1) is 0 Å². The van der Waals surface area contributed by atoms with Gasteiger partial charge in [-0.1, -0.05) is 54.6 Å². The first kappa shape index (κ1) is 22.4. The highest BCUT2D eigenvalue weighted by molar-refractivity contribution is 14.1. The Morgan fingerprint density at radius 3 is 2.45 bits per heavy atom. The van der Waals surface area contributed by atoms with E-state index in [-0.39, 0.29) is 0 Å². The van der Waals surface area contributed by atoms with Gasteiger partial charge in [0.2, 0.25) is 0 Å². The number of fused-ring (bicyclic) bond motifs is 1. The second-order valence-electron chi connectivity index (χ2n) is 7.32. The first-order valence-corrected chi connectivity index (χ1v) is 11.3. The summed E-state index contributed by atoms with van der Waals surface area (Å²) < 4.78 is 12.7. The highest BCUT2D eigenvalue weighted by atomic mass is 127. The Morgan fingerprint density at radius 1 is 0.970 bits per heavy atom. The molecule has 160 valence electrons. The highest BCUT2D eigenvalue weighted by Gasteiger charge is 2.13. The lowest BCUT2D eigenvalue weighted by molar-refractivity contribution is 0.283. The highest BCUT2D eigenvalue weighted by Crippen LogP contribution is 2.36. The lowest BCUT2D eigenvalue weighted by atomic mass is 10.0. The van der Waals surface area contributed by atoms with Crippen LogP contribution in [0.15, 0.2) is 78.9 Å². The molecule has 0 radical (unpaired) electrons. The minimum atomic E-state index is 0.414. The molecule has 0 aliphatic heterocycles. The Labute approximate surface area is 206 Å². The fourth-order valence-electron chi connectivity index (χ4n) is 3.60. The van der Waals surface area contributed by atoms with Gasteiger partial charge in [-0.3, -0.25) is 0 Å². The topological polar surface area (TPSA) is 66.0 Å². The second-order valence-corrected chi connectivity index (χ2v) is 8.48. The van der Waals surface area contributed by atoms with Crippen molar-refractivity contribution in [2.45, 2.75) is 6.61 Å². The maximum atomic E-state index is 9.67. The number of hydrogen-bond donors (Lipinski definition) is 0. The third-order valence-corrected chi connectivity index (χ3v) is 6.06. The molecular weight excluding hydrogens is 523 g/mol. The molecule has 4 aromatic carbocycles. The molecule has 4 aromatic rings. The van der Waals surface area contributed by atoms with Crippen LogP contribution in [0.2, 0.25) is 0 Å². The van der Waals surface area contributed by atoms with Gasteiger partial charge in [0.1, 0.15) is 6.61 Å². The maximum absolute atomic E-state index is 9.67. The molecule has 0 fully saturated rings. The second kappa shape index (κ2) is 10.2. The van der Waals surface area contributed by atoms with E-state index in [4.69, 9.17) is 14.7 Å². The molecule has 4 nitrogen and oxygen atoms in total. The standard InChI is InChI=1S/C28H19IN2O2/c1-32-27-15-20(13-24(17-31)21-11-9-19(16-30)10-12-21)14-26(29)28(27)33-18-23-7-4-6-22-5-2-3-8-25(22)23/h2-15H,18H2,1H3/b24-13-. The van der Waals surface area contributed by atoms with Crippen LogP contribution in [0.3, 0.4) is 0 Å². The average molecular weight is 542 g/mol. The zero-order valence-corrected chi connectivity index (χ0v) is 20.0. The summed E-state index contributed by atoms with van der Waals surface area (Å²) in [4.78, 5) is 0. The van der Waals surface area contributed by atoms with E-state index in [1.165, 1.54) is 5.39 Å². The van der Waals surface area contributed by atoms with Crippen LogP contribution in [0.1, 0.15) is 22.3 Å². The predicted octanol–water partition coefficient (Wildman–Crippen LogP) is 6.97. The van der Waals surface area contributed by atoms with Gasteiger partial charge in [0.25, 0.3) is 0 Å². The number of halogens is 1. The molecule has 0 saturated heterocycles. The Kier molecular flexibility index (Phi) is 6.92. The third kappa shape index (κ3) is 5.00. The summed E-state index contributed by atoms with van der Waals surface area (Å²) in [5.74, 6) is 1.27. The molecule has 5 heteroatoms. The third-order valence-electron chi connectivity index (χ3n) is 5.26. The van der Waals surface area contributed by atoms with Gasteiger partial charge in [0, 0.05) is 0 Å². The molecule has 0 aliphatic rings. The van der Waals surface area contributed by atoms with Crippen molar-refractivity contribution in [1.82, 2.24) is 0 Å². The van der Waals surface area contributed by atoms with Crippen molar-refractivity contribution in [2.75, 3.05) is 7.11 Å². The van der Waals surface area contributed by atoms with Gasteiger partial charge in [0.05, 0.1) is 34.0 Å². The van der Waals surface area contributed by atoms with Crippen LogP contribution in [-0.2, 0) is 6.61 Å². The zero-order valence-electron chi connectivity index (χ0n) is 17.9. The number of ether oxygens (including phenoxy) is 2. The summed E-state index contributed by atoms with van der Waals surface area (Å²) in [6.07, 6.45) is 1.81. The molecule has 33 heavy (non-hydrogen) atoms. The summed E-state index contributed by atoms with van der Waals surface area (Å²) in [5.41, 5.74) is 3.74. The Balaban J connectivity index is 1.63. The van der Waals surface area contributed by atoms with Crippen molar-refractivity contribution in [2.24, 2.45) is 0 Å². The van der Waals surface area contributed by atoms with E-state index in [1.807, 2.05) is 30.3 Å². The van der Waals surface area contributed by atoms with E-state index in [9.17, 15) is 5.26 Å². The summed E-state index contributed by atoms with van der Waals surface area (Å²) in [5, 5.41) is 21.0. The Morgan fingerprint density at radius 2 is 1.73 bits per heavy atom. The minimum absolute atomic E-state index is 0.414. The maximum Gasteiger partial charge on any atom is 0.174 e. The van der Waals surface area contributed by atoms with E-state index in [1.54, 1.807) is 37.5 Å². The van der Waals surface area contributed by atoms with E-state index in [0.29, 0.717) is 29.2 Å². The van der Waals surface area contributed by atoms with Crippen LogP contribution >= 0.6 is 22.6 Å². The van der Waals surface area contributed by atoms with Gasteiger partial charge >= 0.3 is 0 Å². The smallest absolute Gasteiger partial charge is 0.174 e. The SMILES string of the molecule is COc1cc(/C=C(/C#N)c2ccc(C#N)cc2)cc(I)c1OCc1cccc2ccccc12. The molecule has 0 bridgehead atoms. The van der Waals surface area contributed by atoms with Crippen molar-refractivity contribution >= 4 is 45.0 Å². The van der Waals surface area contributed by atoms with Crippen LogP contribution in [0, 0.1) is 26.2 Å². The molecule has 0 atom stereocenters. The molecular formula is C28H19IN2O2. The summed E-state index contributed by atoms with van der Waals surface area (Å²) in [7, 11) is 1.61. The van der Waals surface area contributed by atoms with Crippen LogP contribution in [-0.4, -0.2) is 7.11 Å². The van der Waals surface area contributed by atoms with E-state index >= 15 is 0 Å². The van der Waals surface area contributed by atoms with Crippen molar-refractivity contribution in [3.63, 3.8) is 0 Å². The lowest BCUT2D eigenvalue weighted by Crippen LogP contribution is -2.01. The Hall–Kier alpha value is -3.81. The first-order valence-electron chi connectivity index (χ1n) is 10.2. The van der Waals surface area contributed by atoms with Crippen molar-refractivity contribution in [3.05, 3.63) is 105 Å². The number of benzene rings is 4. The average Bonchev–Trinajstić information content (AvgIpc) is 2.86. The van der Waals surface area contributed by atoms with Gasteiger partial charge < -0.3 is 9.47 Å². The van der Waals surface area contributed by atoms with Gasteiger partial charge in [-0.2, -0.15) is 10.5 Å². The predicted molar refractivity (Wildman–Crippen MR) is 139 cm³/mol. The number of nitrogens with zero attached hydrogens (tertiary/aromatic N) is 2. The number of rotatable bonds is 6. The van der Waals surface area contributed by atoms with Crippen molar-refractivity contribution in [3.8, 4) is 23.6 Å². The molecule has 0 aliphatic carbocycles.